The van der Waals surface area contributed by atoms with Gasteiger partial charge >= 0.3 is 0 Å². The van der Waals surface area contributed by atoms with E-state index in [-0.39, 0.29) is 5.78 Å². The maximum Gasteiger partial charge on any atom is 0.161 e. The number of ketones is 1. The number of carbonyl (C=O) groups excluding carboxylic acids is 1. The van der Waals surface area contributed by atoms with E-state index >= 15 is 0 Å². The number of rotatable bonds is 5. The summed E-state index contributed by atoms with van der Waals surface area (Å²) >= 11 is 5.98. The van der Waals surface area contributed by atoms with E-state index in [1.807, 2.05) is 0 Å². The molecule has 1 aliphatic rings. The molecule has 3 heteroatoms. The molecule has 1 aromatic carbocycles. The Hall–Kier alpha value is -1.02. The van der Waals surface area contributed by atoms with Crippen molar-refractivity contribution in [1.29, 1.82) is 0 Å². The normalized spacial score (nSPS) is 14.9. The molecule has 1 aromatic rings. The van der Waals surface area contributed by atoms with Gasteiger partial charge in [0.2, 0.25) is 0 Å². The molecule has 0 amide bonds. The Bertz CT molecular complexity index is 397. The highest BCUT2D eigenvalue weighted by atomic mass is 35.5. The topological polar surface area (TPSA) is 26.3 Å². The fourth-order valence-electron chi connectivity index (χ4n) is 1.62. The second-order valence-electron chi connectivity index (χ2n) is 4.28. The van der Waals surface area contributed by atoms with Gasteiger partial charge in [0, 0.05) is 5.56 Å². The Morgan fingerprint density at radius 1 is 1.50 bits per heavy atom. The first-order chi connectivity index (χ1) is 7.66. The first-order valence-corrected chi connectivity index (χ1v) is 5.98. The molecule has 0 bridgehead atoms. The third-order valence-electron chi connectivity index (χ3n) is 2.81. The molecular formula is C13H15ClO2. The summed E-state index contributed by atoms with van der Waals surface area (Å²) in [5.41, 5.74) is 0.552. The highest BCUT2D eigenvalue weighted by Crippen LogP contribution is 2.32. The number of benzene rings is 1. The summed E-state index contributed by atoms with van der Waals surface area (Å²) in [6.07, 6.45) is 3.80. The van der Waals surface area contributed by atoms with Crippen LogP contribution < -0.4 is 4.74 Å². The first-order valence-electron chi connectivity index (χ1n) is 5.60. The van der Waals surface area contributed by atoms with Gasteiger partial charge in [-0.2, -0.15) is 0 Å². The molecule has 0 radical (unpaired) electrons. The second kappa shape index (κ2) is 4.88. The van der Waals surface area contributed by atoms with Gasteiger partial charge in [0.15, 0.2) is 5.78 Å². The lowest BCUT2D eigenvalue weighted by Gasteiger charge is -2.07. The molecule has 2 nitrogen and oxygen atoms in total. The second-order valence-corrected chi connectivity index (χ2v) is 4.69. The summed E-state index contributed by atoms with van der Waals surface area (Å²) in [6.45, 7) is 2.25. The average Bonchev–Trinajstić information content (AvgIpc) is 3.01. The van der Waals surface area contributed by atoms with Gasteiger partial charge in [-0.1, -0.05) is 24.4 Å². The van der Waals surface area contributed by atoms with Crippen molar-refractivity contribution in [2.75, 3.05) is 6.61 Å². The highest BCUT2D eigenvalue weighted by Gasteiger charge is 2.20. The van der Waals surface area contributed by atoms with E-state index in [0.29, 0.717) is 10.6 Å². The van der Waals surface area contributed by atoms with Crippen LogP contribution >= 0.6 is 11.6 Å². The fraction of sp³-hybridized carbons (Fsp3) is 0.462. The predicted octanol–water partition coefficient (Wildman–Crippen LogP) is 3.72. The van der Waals surface area contributed by atoms with Crippen molar-refractivity contribution in [3.63, 3.8) is 0 Å². The Kier molecular flexibility index (Phi) is 3.49. The number of halogens is 1. The molecule has 1 aliphatic carbocycles. The Morgan fingerprint density at radius 3 is 2.81 bits per heavy atom. The van der Waals surface area contributed by atoms with Crippen molar-refractivity contribution in [2.24, 2.45) is 5.92 Å². The first kappa shape index (κ1) is 11.5. The third kappa shape index (κ3) is 2.99. The van der Waals surface area contributed by atoms with E-state index in [1.165, 1.54) is 19.8 Å². The van der Waals surface area contributed by atoms with E-state index in [1.54, 1.807) is 18.2 Å². The van der Waals surface area contributed by atoms with Crippen LogP contribution in [0.5, 0.6) is 5.75 Å². The van der Waals surface area contributed by atoms with Gasteiger partial charge in [0.05, 0.1) is 11.6 Å². The molecule has 0 aromatic heterocycles. The molecule has 0 aliphatic heterocycles. The van der Waals surface area contributed by atoms with Crippen LogP contribution in [0.1, 0.15) is 36.5 Å². The molecule has 0 N–H and O–H groups in total. The van der Waals surface area contributed by atoms with Crippen molar-refractivity contribution >= 4 is 17.4 Å². The van der Waals surface area contributed by atoms with Crippen LogP contribution in [0.4, 0.5) is 0 Å². The molecular weight excluding hydrogens is 224 g/mol. The lowest BCUT2D eigenvalue weighted by molar-refractivity contribution is 0.101. The van der Waals surface area contributed by atoms with Crippen LogP contribution in [0.25, 0.3) is 0 Å². The lowest BCUT2D eigenvalue weighted by atomic mass is 10.1. The molecule has 1 fully saturated rings. The van der Waals surface area contributed by atoms with Gasteiger partial charge in [-0.15, -0.1) is 0 Å². The summed E-state index contributed by atoms with van der Waals surface area (Å²) in [5, 5.41) is 0.469. The van der Waals surface area contributed by atoms with Gasteiger partial charge in [0.25, 0.3) is 0 Å². The molecule has 16 heavy (non-hydrogen) atoms. The Morgan fingerprint density at radius 2 is 2.25 bits per heavy atom. The molecule has 1 saturated carbocycles. The van der Waals surface area contributed by atoms with E-state index in [9.17, 15) is 4.79 Å². The van der Waals surface area contributed by atoms with Gasteiger partial charge < -0.3 is 4.74 Å². The monoisotopic (exact) mass is 238 g/mol. The van der Waals surface area contributed by atoms with Crippen molar-refractivity contribution in [1.82, 2.24) is 0 Å². The van der Waals surface area contributed by atoms with Gasteiger partial charge in [-0.05, 0) is 37.5 Å². The minimum Gasteiger partial charge on any atom is -0.494 e. The smallest absolute Gasteiger partial charge is 0.161 e. The van der Waals surface area contributed by atoms with Gasteiger partial charge in [-0.3, -0.25) is 4.79 Å². The Labute approximate surface area is 101 Å². The average molecular weight is 239 g/mol. The predicted molar refractivity (Wildman–Crippen MR) is 64.3 cm³/mol. The maximum absolute atomic E-state index is 11.2. The SMILES string of the molecule is CC(=O)c1ccc(OCCC2CC2)cc1Cl. The quantitative estimate of drug-likeness (QED) is 0.731. The van der Waals surface area contributed by atoms with Crippen LogP contribution in [0.2, 0.25) is 5.02 Å². The van der Waals surface area contributed by atoms with E-state index in [2.05, 4.69) is 0 Å². The van der Waals surface area contributed by atoms with Crippen molar-refractivity contribution in [2.45, 2.75) is 26.2 Å². The molecule has 0 heterocycles. The number of hydrogen-bond donors (Lipinski definition) is 0. The van der Waals surface area contributed by atoms with Crippen molar-refractivity contribution in [3.05, 3.63) is 28.8 Å². The molecule has 2 rings (SSSR count). The molecule has 0 spiro atoms. The standard InChI is InChI=1S/C13H15ClO2/c1-9(15)12-5-4-11(8-13(12)14)16-7-6-10-2-3-10/h4-5,8,10H,2-3,6-7H2,1H3. The molecule has 86 valence electrons. The zero-order valence-corrected chi connectivity index (χ0v) is 10.1. The van der Waals surface area contributed by atoms with Crippen LogP contribution in [0.3, 0.4) is 0 Å². The maximum atomic E-state index is 11.2. The largest absolute Gasteiger partial charge is 0.494 e. The summed E-state index contributed by atoms with van der Waals surface area (Å²) < 4.78 is 5.58. The van der Waals surface area contributed by atoms with Crippen LogP contribution in [0.15, 0.2) is 18.2 Å². The highest BCUT2D eigenvalue weighted by molar-refractivity contribution is 6.34. The van der Waals surface area contributed by atoms with Crippen LogP contribution in [-0.2, 0) is 0 Å². The van der Waals surface area contributed by atoms with Gasteiger partial charge in [0.1, 0.15) is 5.75 Å². The summed E-state index contributed by atoms with van der Waals surface area (Å²) in [5.74, 6) is 1.59. The molecule has 0 unspecified atom stereocenters. The summed E-state index contributed by atoms with van der Waals surface area (Å²) in [6, 6.07) is 5.23. The zero-order valence-electron chi connectivity index (χ0n) is 9.33. The van der Waals surface area contributed by atoms with Crippen LogP contribution in [0, 0.1) is 5.92 Å². The van der Waals surface area contributed by atoms with E-state index in [4.69, 9.17) is 16.3 Å². The summed E-state index contributed by atoms with van der Waals surface area (Å²) in [7, 11) is 0. The van der Waals surface area contributed by atoms with Crippen molar-refractivity contribution < 1.29 is 9.53 Å². The number of carbonyl (C=O) groups is 1. The van der Waals surface area contributed by atoms with Crippen molar-refractivity contribution in [3.8, 4) is 5.75 Å². The molecule has 0 atom stereocenters. The zero-order chi connectivity index (χ0) is 11.5. The van der Waals surface area contributed by atoms with E-state index < -0.39 is 0 Å². The minimum atomic E-state index is -0.0190. The van der Waals surface area contributed by atoms with E-state index in [0.717, 1.165) is 24.7 Å². The minimum absolute atomic E-state index is 0.0190. The number of hydrogen-bond acceptors (Lipinski definition) is 2. The molecule has 0 saturated heterocycles. The number of Topliss-reactive ketones (excluding diaryl/α,β-unsaturated/α-hetero) is 1. The Balaban J connectivity index is 1.93. The third-order valence-corrected chi connectivity index (χ3v) is 3.12. The van der Waals surface area contributed by atoms with Gasteiger partial charge in [-0.25, -0.2) is 0 Å². The van der Waals surface area contributed by atoms with Crippen LogP contribution in [-0.4, -0.2) is 12.4 Å². The summed E-state index contributed by atoms with van der Waals surface area (Å²) in [4.78, 5) is 11.2. The lowest BCUT2D eigenvalue weighted by Crippen LogP contribution is -1.99. The fourth-order valence-corrected chi connectivity index (χ4v) is 1.92. The number of ether oxygens (including phenoxy) is 1.